The topological polar surface area (TPSA) is 89.3 Å². The van der Waals surface area contributed by atoms with Crippen LogP contribution in [0.1, 0.15) is 37.9 Å². The Bertz CT molecular complexity index is 1330. The Morgan fingerprint density at radius 2 is 1.88 bits per heavy atom. The number of nitrogens with two attached hydrogens (primary N) is 1. The summed E-state index contributed by atoms with van der Waals surface area (Å²) in [4.78, 5) is 14.2. The molecule has 0 radical (unpaired) electrons. The van der Waals surface area contributed by atoms with Gasteiger partial charge in [-0.15, -0.1) is 0 Å². The van der Waals surface area contributed by atoms with Crippen LogP contribution >= 0.6 is 0 Å². The SMILES string of the molecule is CC(=O)N(c1ccc(-c2c(N)c3ccc(O)cc3n2C2CCC2)cc1)c1cc(C)nn1C. The van der Waals surface area contributed by atoms with Crippen LogP contribution in [0.3, 0.4) is 0 Å². The molecule has 1 aliphatic carbocycles. The molecule has 164 valence electrons. The van der Waals surface area contributed by atoms with Crippen molar-refractivity contribution in [1.82, 2.24) is 14.3 Å². The van der Waals surface area contributed by atoms with Gasteiger partial charge in [0.25, 0.3) is 0 Å². The fourth-order valence-corrected chi connectivity index (χ4v) is 4.69. The number of aromatic nitrogens is 3. The molecule has 7 nitrogen and oxygen atoms in total. The van der Waals surface area contributed by atoms with E-state index in [1.165, 1.54) is 6.42 Å². The Kier molecular flexibility index (Phi) is 4.69. The van der Waals surface area contributed by atoms with Gasteiger partial charge in [0.05, 0.1) is 28.3 Å². The van der Waals surface area contributed by atoms with E-state index in [9.17, 15) is 9.90 Å². The van der Waals surface area contributed by atoms with Crippen molar-refractivity contribution in [2.24, 2.45) is 7.05 Å². The van der Waals surface area contributed by atoms with Gasteiger partial charge < -0.3 is 15.4 Å². The zero-order valence-corrected chi connectivity index (χ0v) is 18.5. The maximum Gasteiger partial charge on any atom is 0.229 e. The van der Waals surface area contributed by atoms with Gasteiger partial charge in [0.1, 0.15) is 11.6 Å². The summed E-state index contributed by atoms with van der Waals surface area (Å²) < 4.78 is 3.99. The van der Waals surface area contributed by atoms with Crippen LogP contribution < -0.4 is 10.6 Å². The Morgan fingerprint density at radius 1 is 1.16 bits per heavy atom. The first-order valence-corrected chi connectivity index (χ1v) is 10.9. The summed E-state index contributed by atoms with van der Waals surface area (Å²) in [6, 6.07) is 15.5. The molecule has 1 fully saturated rings. The average molecular weight is 430 g/mol. The van der Waals surface area contributed by atoms with Crippen molar-refractivity contribution in [1.29, 1.82) is 0 Å². The molecule has 2 aromatic heterocycles. The van der Waals surface area contributed by atoms with Gasteiger partial charge in [0.2, 0.25) is 5.91 Å². The molecule has 4 aromatic rings. The van der Waals surface area contributed by atoms with Gasteiger partial charge in [-0.2, -0.15) is 5.10 Å². The molecular formula is C25H27N5O2. The molecule has 2 aromatic carbocycles. The molecule has 0 spiro atoms. The van der Waals surface area contributed by atoms with E-state index < -0.39 is 0 Å². The highest BCUT2D eigenvalue weighted by atomic mass is 16.3. The van der Waals surface area contributed by atoms with Gasteiger partial charge in [0.15, 0.2) is 0 Å². The number of fused-ring (bicyclic) bond motifs is 1. The lowest BCUT2D eigenvalue weighted by Crippen LogP contribution is -2.25. The van der Waals surface area contributed by atoms with E-state index >= 15 is 0 Å². The van der Waals surface area contributed by atoms with Gasteiger partial charge in [-0.25, -0.2) is 0 Å². The lowest BCUT2D eigenvalue weighted by Gasteiger charge is -2.30. The van der Waals surface area contributed by atoms with Crippen LogP contribution in [-0.2, 0) is 11.8 Å². The summed E-state index contributed by atoms with van der Waals surface area (Å²) in [6.45, 7) is 3.46. The third-order valence-electron chi connectivity index (χ3n) is 6.39. The lowest BCUT2D eigenvalue weighted by molar-refractivity contribution is -0.115. The zero-order valence-electron chi connectivity index (χ0n) is 18.5. The summed E-state index contributed by atoms with van der Waals surface area (Å²) in [5.41, 5.74) is 11.9. The van der Waals surface area contributed by atoms with Crippen molar-refractivity contribution in [2.75, 3.05) is 10.6 Å². The van der Waals surface area contributed by atoms with Crippen LogP contribution in [0.15, 0.2) is 48.5 Å². The quantitative estimate of drug-likeness (QED) is 0.475. The Hall–Kier alpha value is -3.74. The standard InChI is InChI=1S/C25H27N5O2/c1-15-13-23(28(3)27-15)29(16(2)31)19-9-7-17(8-10-19)25-24(26)21-12-11-20(32)14-22(21)30(25)18-5-4-6-18/h7-14,18,32H,4-6,26H2,1-3H3. The van der Waals surface area contributed by atoms with E-state index in [1.54, 1.807) is 28.6 Å². The molecule has 0 saturated heterocycles. The fraction of sp³-hybridized carbons (Fsp3) is 0.280. The largest absolute Gasteiger partial charge is 0.508 e. The lowest BCUT2D eigenvalue weighted by atomic mass is 9.92. The van der Waals surface area contributed by atoms with E-state index in [1.807, 2.05) is 50.4 Å². The molecule has 7 heteroatoms. The first kappa shape index (κ1) is 20.2. The molecular weight excluding hydrogens is 402 g/mol. The highest BCUT2D eigenvalue weighted by Gasteiger charge is 2.27. The highest BCUT2D eigenvalue weighted by Crippen LogP contribution is 2.45. The van der Waals surface area contributed by atoms with Crippen LogP contribution in [0.25, 0.3) is 22.2 Å². The summed E-state index contributed by atoms with van der Waals surface area (Å²) in [5, 5.41) is 15.4. The van der Waals surface area contributed by atoms with E-state index in [-0.39, 0.29) is 11.7 Å². The maximum atomic E-state index is 12.5. The molecule has 32 heavy (non-hydrogen) atoms. The normalized spacial score (nSPS) is 14.0. The molecule has 3 N–H and O–H groups in total. The number of rotatable bonds is 4. The Balaban J connectivity index is 1.62. The molecule has 1 amide bonds. The highest BCUT2D eigenvalue weighted by molar-refractivity contribution is 6.02. The Morgan fingerprint density at radius 3 is 2.44 bits per heavy atom. The summed E-state index contributed by atoms with van der Waals surface area (Å²) >= 11 is 0. The fourth-order valence-electron chi connectivity index (χ4n) is 4.69. The second-order valence-electron chi connectivity index (χ2n) is 8.59. The van der Waals surface area contributed by atoms with Crippen molar-refractivity contribution in [3.8, 4) is 17.0 Å². The number of hydrogen-bond donors (Lipinski definition) is 2. The number of phenolic OH excluding ortho intramolecular Hbond substituents is 1. The maximum absolute atomic E-state index is 12.5. The van der Waals surface area contributed by atoms with Gasteiger partial charge in [-0.3, -0.25) is 14.4 Å². The third kappa shape index (κ3) is 3.12. The first-order chi connectivity index (χ1) is 15.3. The van der Waals surface area contributed by atoms with Gasteiger partial charge in [-0.1, -0.05) is 12.1 Å². The van der Waals surface area contributed by atoms with Gasteiger partial charge in [-0.05, 0) is 50.5 Å². The van der Waals surface area contributed by atoms with Crippen LogP contribution in [-0.4, -0.2) is 25.4 Å². The average Bonchev–Trinajstić information content (AvgIpc) is 3.17. The van der Waals surface area contributed by atoms with Gasteiger partial charge >= 0.3 is 0 Å². The summed E-state index contributed by atoms with van der Waals surface area (Å²) in [5.74, 6) is 0.877. The summed E-state index contributed by atoms with van der Waals surface area (Å²) in [7, 11) is 1.83. The van der Waals surface area contributed by atoms with E-state index in [0.29, 0.717) is 11.7 Å². The number of phenols is 1. The molecule has 0 bridgehead atoms. The molecule has 1 saturated carbocycles. The third-order valence-corrected chi connectivity index (χ3v) is 6.39. The number of nitrogen functional groups attached to an aromatic ring is 1. The van der Waals surface area contributed by atoms with Crippen molar-refractivity contribution in [3.63, 3.8) is 0 Å². The second kappa shape index (κ2) is 7.44. The summed E-state index contributed by atoms with van der Waals surface area (Å²) in [6.07, 6.45) is 3.39. The number of anilines is 3. The van der Waals surface area contributed by atoms with Crippen LogP contribution in [0, 0.1) is 6.92 Å². The van der Waals surface area contributed by atoms with E-state index in [4.69, 9.17) is 5.73 Å². The Labute approximate surface area is 186 Å². The number of aromatic hydroxyl groups is 1. The van der Waals surface area contributed by atoms with Gasteiger partial charge in [0, 0.05) is 43.1 Å². The predicted molar refractivity (Wildman–Crippen MR) is 127 cm³/mol. The number of amides is 1. The molecule has 0 unspecified atom stereocenters. The first-order valence-electron chi connectivity index (χ1n) is 10.9. The number of nitrogens with zero attached hydrogens (tertiary/aromatic N) is 4. The smallest absolute Gasteiger partial charge is 0.229 e. The van der Waals surface area contributed by atoms with Crippen molar-refractivity contribution in [3.05, 3.63) is 54.2 Å². The van der Waals surface area contributed by atoms with Crippen LogP contribution in [0.2, 0.25) is 0 Å². The minimum Gasteiger partial charge on any atom is -0.508 e. The number of hydrogen-bond acceptors (Lipinski definition) is 4. The number of carbonyl (C=O) groups is 1. The number of aryl methyl sites for hydroxylation is 2. The number of carbonyl (C=O) groups excluding carboxylic acids is 1. The molecule has 5 rings (SSSR count). The zero-order chi connectivity index (χ0) is 22.6. The van der Waals surface area contributed by atoms with Crippen LogP contribution in [0.5, 0.6) is 5.75 Å². The van der Waals surface area contributed by atoms with Crippen LogP contribution in [0.4, 0.5) is 17.2 Å². The molecule has 0 aliphatic heterocycles. The van der Waals surface area contributed by atoms with E-state index in [2.05, 4.69) is 9.67 Å². The molecule has 1 aliphatic rings. The monoisotopic (exact) mass is 429 g/mol. The molecule has 2 heterocycles. The minimum absolute atomic E-state index is 0.0840. The van der Waals surface area contributed by atoms with E-state index in [0.717, 1.165) is 52.2 Å². The van der Waals surface area contributed by atoms with Crippen molar-refractivity contribution in [2.45, 2.75) is 39.2 Å². The molecule has 0 atom stereocenters. The van der Waals surface area contributed by atoms with Crippen molar-refractivity contribution < 1.29 is 9.90 Å². The predicted octanol–water partition coefficient (Wildman–Crippen LogP) is 5.05. The second-order valence-corrected chi connectivity index (χ2v) is 8.59. The minimum atomic E-state index is -0.0840. The van der Waals surface area contributed by atoms with Crippen molar-refractivity contribution >= 4 is 34.0 Å². The number of benzene rings is 2.